The first kappa shape index (κ1) is 15.5. The Morgan fingerprint density at radius 1 is 1.00 bits per heavy atom. The average Bonchev–Trinajstić information content (AvgIpc) is 2.15. The Balaban J connectivity index is 0.00000256. The highest BCUT2D eigenvalue weighted by Gasteiger charge is 2.15. The van der Waals surface area contributed by atoms with Crippen LogP contribution in [0.15, 0.2) is 23.1 Å². The van der Waals surface area contributed by atoms with Gasteiger partial charge in [0.05, 0.1) is 4.90 Å². The van der Waals surface area contributed by atoms with Gasteiger partial charge in [0, 0.05) is 11.1 Å². The Morgan fingerprint density at radius 3 is 1.59 bits per heavy atom. The summed E-state index contributed by atoms with van der Waals surface area (Å²) in [5, 5.41) is 0. The minimum Gasteiger partial charge on any atom is -0.295 e. The first-order valence-electron chi connectivity index (χ1n) is 4.36. The smallest absolute Gasteiger partial charge is 0.294 e. The van der Waals surface area contributed by atoms with E-state index < -0.39 is 15.0 Å². The molecule has 0 radical (unpaired) electrons. The molecule has 1 aromatic rings. The van der Waals surface area contributed by atoms with Gasteiger partial charge in [-0.1, -0.05) is 7.43 Å². The number of carbonyl (C=O) groups is 2. The van der Waals surface area contributed by atoms with Crippen LogP contribution in [-0.4, -0.2) is 24.5 Å². The van der Waals surface area contributed by atoms with Crippen LogP contribution in [0.25, 0.3) is 0 Å². The summed E-state index contributed by atoms with van der Waals surface area (Å²) >= 11 is 0. The van der Waals surface area contributed by atoms with Gasteiger partial charge in [-0.2, -0.15) is 8.42 Å². The fraction of sp³-hybridized carbons (Fsp3) is 0.273. The van der Waals surface area contributed by atoms with Crippen LogP contribution in [0.4, 0.5) is 0 Å². The molecule has 1 N–H and O–H groups in total. The molecule has 0 atom stereocenters. The molecular formula is C11H14O5S. The van der Waals surface area contributed by atoms with Crippen LogP contribution in [-0.2, 0) is 10.1 Å². The summed E-state index contributed by atoms with van der Waals surface area (Å²) < 4.78 is 30.7. The van der Waals surface area contributed by atoms with Gasteiger partial charge in [-0.05, 0) is 32.0 Å². The Labute approximate surface area is 100 Å². The van der Waals surface area contributed by atoms with E-state index in [2.05, 4.69) is 0 Å². The van der Waals surface area contributed by atoms with Crippen LogP contribution < -0.4 is 0 Å². The first-order valence-corrected chi connectivity index (χ1v) is 5.80. The molecule has 1 aromatic carbocycles. The van der Waals surface area contributed by atoms with Gasteiger partial charge in [0.15, 0.2) is 11.6 Å². The number of carbonyl (C=O) groups excluding carboxylic acids is 2. The monoisotopic (exact) mass is 258 g/mol. The normalized spacial score (nSPS) is 10.5. The predicted molar refractivity (Wildman–Crippen MR) is 63.0 cm³/mol. The van der Waals surface area contributed by atoms with E-state index in [1.807, 2.05) is 0 Å². The molecule has 94 valence electrons. The second-order valence-electron chi connectivity index (χ2n) is 3.33. The summed E-state index contributed by atoms with van der Waals surface area (Å²) in [4.78, 5) is 21.8. The average molecular weight is 258 g/mol. The standard InChI is InChI=1S/C10H10O5S.CH4/c1-6(11)8-3-9(7(2)12)5-10(4-8)16(13,14)15;/h3-5H,1-2H3,(H,13,14,15);1H4. The minimum atomic E-state index is -4.42. The maximum atomic E-state index is 11.1. The quantitative estimate of drug-likeness (QED) is 0.661. The molecule has 0 aliphatic rings. The van der Waals surface area contributed by atoms with E-state index in [1.54, 1.807) is 0 Å². The molecule has 17 heavy (non-hydrogen) atoms. The molecule has 0 spiro atoms. The molecule has 0 bridgehead atoms. The van der Waals surface area contributed by atoms with Crippen LogP contribution in [0.2, 0.25) is 0 Å². The van der Waals surface area contributed by atoms with Crippen molar-refractivity contribution < 1.29 is 22.6 Å². The van der Waals surface area contributed by atoms with Gasteiger partial charge in [-0.25, -0.2) is 0 Å². The van der Waals surface area contributed by atoms with Crippen molar-refractivity contribution in [3.8, 4) is 0 Å². The molecule has 0 unspecified atom stereocenters. The second kappa shape index (κ2) is 5.20. The van der Waals surface area contributed by atoms with Crippen molar-refractivity contribution in [2.24, 2.45) is 0 Å². The van der Waals surface area contributed by atoms with Crippen molar-refractivity contribution in [1.29, 1.82) is 0 Å². The van der Waals surface area contributed by atoms with Crippen molar-refractivity contribution in [3.63, 3.8) is 0 Å². The van der Waals surface area contributed by atoms with Crippen LogP contribution in [0, 0.1) is 0 Å². The van der Waals surface area contributed by atoms with Gasteiger partial charge < -0.3 is 0 Å². The lowest BCUT2D eigenvalue weighted by Crippen LogP contribution is -2.05. The molecule has 0 saturated heterocycles. The van der Waals surface area contributed by atoms with Crippen molar-refractivity contribution in [1.82, 2.24) is 0 Å². The lowest BCUT2D eigenvalue weighted by Gasteiger charge is -2.03. The number of Topliss-reactive ketones (excluding diaryl/α,β-unsaturated/α-hetero) is 2. The van der Waals surface area contributed by atoms with Crippen molar-refractivity contribution in [2.75, 3.05) is 0 Å². The van der Waals surface area contributed by atoms with E-state index in [1.165, 1.54) is 19.9 Å². The summed E-state index contributed by atoms with van der Waals surface area (Å²) in [7, 11) is -4.42. The molecule has 0 aromatic heterocycles. The van der Waals surface area contributed by atoms with E-state index >= 15 is 0 Å². The largest absolute Gasteiger partial charge is 0.295 e. The van der Waals surface area contributed by atoms with Crippen molar-refractivity contribution in [2.45, 2.75) is 26.2 Å². The second-order valence-corrected chi connectivity index (χ2v) is 4.76. The van der Waals surface area contributed by atoms with Crippen LogP contribution in [0.5, 0.6) is 0 Å². The highest BCUT2D eigenvalue weighted by molar-refractivity contribution is 7.85. The summed E-state index contributed by atoms with van der Waals surface area (Å²) in [6.07, 6.45) is 0. The van der Waals surface area contributed by atoms with Gasteiger partial charge >= 0.3 is 0 Å². The lowest BCUT2D eigenvalue weighted by atomic mass is 10.1. The highest BCUT2D eigenvalue weighted by atomic mass is 32.2. The molecular weight excluding hydrogens is 244 g/mol. The van der Waals surface area contributed by atoms with Crippen LogP contribution >= 0.6 is 0 Å². The van der Waals surface area contributed by atoms with Crippen molar-refractivity contribution in [3.05, 3.63) is 29.3 Å². The van der Waals surface area contributed by atoms with Crippen LogP contribution in [0.3, 0.4) is 0 Å². The molecule has 0 fully saturated rings. The molecule has 1 rings (SSSR count). The van der Waals surface area contributed by atoms with Gasteiger partial charge in [0.25, 0.3) is 10.1 Å². The Bertz CT molecular complexity index is 525. The Hall–Kier alpha value is -1.53. The van der Waals surface area contributed by atoms with Gasteiger partial charge in [0.2, 0.25) is 0 Å². The van der Waals surface area contributed by atoms with Gasteiger partial charge in [0.1, 0.15) is 0 Å². The zero-order valence-electron chi connectivity index (χ0n) is 8.72. The molecule has 0 saturated carbocycles. The van der Waals surface area contributed by atoms with Gasteiger partial charge in [-0.3, -0.25) is 14.1 Å². The molecule has 6 heteroatoms. The third-order valence-corrected chi connectivity index (χ3v) is 2.85. The van der Waals surface area contributed by atoms with Gasteiger partial charge in [-0.15, -0.1) is 0 Å². The van der Waals surface area contributed by atoms with E-state index in [9.17, 15) is 18.0 Å². The zero-order chi connectivity index (χ0) is 12.5. The molecule has 0 amide bonds. The first-order chi connectivity index (χ1) is 7.21. The predicted octanol–water partition coefficient (Wildman–Crippen LogP) is 1.97. The fourth-order valence-corrected chi connectivity index (χ4v) is 1.71. The molecule has 5 nitrogen and oxygen atoms in total. The fourth-order valence-electron chi connectivity index (χ4n) is 1.15. The van der Waals surface area contributed by atoms with Crippen LogP contribution in [0.1, 0.15) is 42.0 Å². The summed E-state index contributed by atoms with van der Waals surface area (Å²) in [5.41, 5.74) is 0.139. The van der Waals surface area contributed by atoms with E-state index in [-0.39, 0.29) is 30.1 Å². The number of hydrogen-bond donors (Lipinski definition) is 1. The maximum absolute atomic E-state index is 11.1. The summed E-state index contributed by atoms with van der Waals surface area (Å²) in [6.45, 7) is 2.49. The molecule has 0 heterocycles. The minimum absolute atomic E-state index is 0. The number of hydrogen-bond acceptors (Lipinski definition) is 4. The topological polar surface area (TPSA) is 88.5 Å². The number of rotatable bonds is 3. The number of ketones is 2. The molecule has 0 aliphatic carbocycles. The summed E-state index contributed by atoms with van der Waals surface area (Å²) in [6, 6.07) is 3.35. The van der Waals surface area contributed by atoms with E-state index in [0.29, 0.717) is 0 Å². The van der Waals surface area contributed by atoms with E-state index in [0.717, 1.165) is 12.1 Å². The lowest BCUT2D eigenvalue weighted by molar-refractivity contribution is 0.101. The molecule has 0 aliphatic heterocycles. The highest BCUT2D eigenvalue weighted by Crippen LogP contribution is 2.16. The maximum Gasteiger partial charge on any atom is 0.294 e. The van der Waals surface area contributed by atoms with E-state index in [4.69, 9.17) is 4.55 Å². The Morgan fingerprint density at radius 2 is 1.35 bits per heavy atom. The van der Waals surface area contributed by atoms with Crippen molar-refractivity contribution >= 4 is 21.7 Å². The zero-order valence-corrected chi connectivity index (χ0v) is 9.54. The Kier molecular flexibility index (Phi) is 4.73. The third kappa shape index (κ3) is 3.76. The SMILES string of the molecule is C.CC(=O)c1cc(C(C)=O)cc(S(=O)(=O)O)c1. The number of benzene rings is 1. The third-order valence-electron chi connectivity index (χ3n) is 2.02. The summed E-state index contributed by atoms with van der Waals surface area (Å²) in [5.74, 6) is -0.763.